The fraction of sp³-hybridized carbons (Fsp3) is 0.500. The number of fused-ring (bicyclic) bond motifs is 1. The number of nitrogens with zero attached hydrogens (tertiary/aromatic N) is 2. The van der Waals surface area contributed by atoms with Gasteiger partial charge in [-0.15, -0.1) is 0 Å². The third kappa shape index (κ3) is 4.18. The molecule has 1 amide bonds. The molecule has 2 heterocycles. The first kappa shape index (κ1) is 19.1. The molecule has 140 valence electrons. The number of carbonyl (C=O) groups is 1. The van der Waals surface area contributed by atoms with Gasteiger partial charge in [-0.3, -0.25) is 0 Å². The lowest BCUT2D eigenvalue weighted by molar-refractivity contribution is -0.0166. The van der Waals surface area contributed by atoms with E-state index in [1.807, 2.05) is 51.1 Å². The number of hydrogen-bond donors (Lipinski definition) is 1. The first-order valence-electron chi connectivity index (χ1n) is 8.99. The van der Waals surface area contributed by atoms with Crippen LogP contribution in [0.1, 0.15) is 51.7 Å². The van der Waals surface area contributed by atoms with Gasteiger partial charge < -0.3 is 14.7 Å². The van der Waals surface area contributed by atoms with Gasteiger partial charge in [-0.25, -0.2) is 9.78 Å². The third-order valence-electron chi connectivity index (χ3n) is 4.58. The largest absolute Gasteiger partial charge is 0.444 e. The summed E-state index contributed by atoms with van der Waals surface area (Å²) in [4.78, 5) is 18.8. The average Bonchev–Trinajstić information content (AvgIpc) is 2.59. The van der Waals surface area contributed by atoms with Crippen LogP contribution in [0.25, 0.3) is 10.9 Å². The number of pyridine rings is 1. The Balaban J connectivity index is 1.94. The van der Waals surface area contributed by atoms with Crippen LogP contribution in [0.3, 0.4) is 0 Å². The Morgan fingerprint density at radius 3 is 2.81 bits per heavy atom. The molecular weight excluding hydrogens is 396 g/mol. The second kappa shape index (κ2) is 7.53. The van der Waals surface area contributed by atoms with Crippen LogP contribution in [0.4, 0.5) is 4.79 Å². The second-order valence-electron chi connectivity index (χ2n) is 7.73. The summed E-state index contributed by atoms with van der Waals surface area (Å²) in [5.74, 6) is 0. The summed E-state index contributed by atoms with van der Waals surface area (Å²) in [5, 5.41) is 12.1. The van der Waals surface area contributed by atoms with Crippen molar-refractivity contribution >= 4 is 32.9 Å². The molecule has 2 aromatic rings. The molecule has 0 bridgehead atoms. The van der Waals surface area contributed by atoms with Crippen LogP contribution in [0.2, 0.25) is 0 Å². The molecule has 0 aliphatic carbocycles. The summed E-state index contributed by atoms with van der Waals surface area (Å²) in [6.07, 6.45) is 1.48. The number of piperidine rings is 1. The molecule has 0 radical (unpaired) electrons. The summed E-state index contributed by atoms with van der Waals surface area (Å²) in [7, 11) is 0. The predicted octanol–water partition coefficient (Wildman–Crippen LogP) is 4.82. The lowest BCUT2D eigenvalue weighted by Gasteiger charge is -2.39. The van der Waals surface area contributed by atoms with E-state index >= 15 is 0 Å². The van der Waals surface area contributed by atoms with Crippen molar-refractivity contribution < 1.29 is 14.6 Å². The maximum absolute atomic E-state index is 12.7. The highest BCUT2D eigenvalue weighted by Crippen LogP contribution is 2.34. The van der Waals surface area contributed by atoms with Gasteiger partial charge in [-0.1, -0.05) is 18.2 Å². The van der Waals surface area contributed by atoms with Crippen molar-refractivity contribution in [3.8, 4) is 0 Å². The fourth-order valence-electron chi connectivity index (χ4n) is 3.45. The zero-order valence-corrected chi connectivity index (χ0v) is 17.0. The number of halogens is 1. The minimum atomic E-state index is -0.799. The number of rotatable bonds is 2. The number of aliphatic hydroxyl groups is 1. The van der Waals surface area contributed by atoms with Crippen LogP contribution in [-0.4, -0.2) is 39.3 Å². The van der Waals surface area contributed by atoms with E-state index in [9.17, 15) is 9.90 Å². The van der Waals surface area contributed by atoms with Gasteiger partial charge in [0, 0.05) is 11.9 Å². The van der Waals surface area contributed by atoms with Crippen LogP contribution >= 0.6 is 15.9 Å². The van der Waals surface area contributed by atoms with E-state index in [1.54, 1.807) is 4.90 Å². The van der Waals surface area contributed by atoms with E-state index in [0.717, 1.165) is 35.7 Å². The zero-order valence-electron chi connectivity index (χ0n) is 15.4. The van der Waals surface area contributed by atoms with Crippen molar-refractivity contribution in [1.29, 1.82) is 0 Å². The number of hydrogen-bond acceptors (Lipinski definition) is 4. The van der Waals surface area contributed by atoms with Crippen molar-refractivity contribution in [2.24, 2.45) is 0 Å². The Bertz CT molecular complexity index is 803. The summed E-state index contributed by atoms with van der Waals surface area (Å²) in [5.41, 5.74) is 1.04. The Hall–Kier alpha value is -1.66. The van der Waals surface area contributed by atoms with E-state index in [-0.39, 0.29) is 12.1 Å². The first-order valence-corrected chi connectivity index (χ1v) is 9.78. The molecular formula is C20H25BrN2O3. The van der Waals surface area contributed by atoms with Gasteiger partial charge in [0.15, 0.2) is 0 Å². The van der Waals surface area contributed by atoms with Crippen molar-refractivity contribution in [3.63, 3.8) is 0 Å². The minimum absolute atomic E-state index is 0.309. The van der Waals surface area contributed by atoms with Crippen LogP contribution in [0, 0.1) is 0 Å². The standard InChI is InChI=1S/C20H25BrN2O3/c1-20(2,3)26-19(25)23-11-7-6-10-16(23)18(24)14-12-17(21)22-15-9-5-4-8-13(14)15/h4-5,8-9,12,16,18,24H,6-7,10-11H2,1-3H3/t16-,18-/m0/s1. The number of ether oxygens (including phenoxy) is 1. The second-order valence-corrected chi connectivity index (χ2v) is 8.55. The summed E-state index contributed by atoms with van der Waals surface area (Å²) >= 11 is 3.43. The molecule has 0 spiro atoms. The van der Waals surface area contributed by atoms with Crippen LogP contribution in [0.5, 0.6) is 0 Å². The molecule has 0 saturated carbocycles. The maximum atomic E-state index is 12.7. The minimum Gasteiger partial charge on any atom is -0.444 e. The van der Waals surface area contributed by atoms with Gasteiger partial charge in [0.05, 0.1) is 11.6 Å². The molecule has 1 fully saturated rings. The molecule has 1 N–H and O–H groups in total. The van der Waals surface area contributed by atoms with Crippen LogP contribution in [-0.2, 0) is 4.74 Å². The highest BCUT2D eigenvalue weighted by molar-refractivity contribution is 9.10. The quantitative estimate of drug-likeness (QED) is 0.707. The highest BCUT2D eigenvalue weighted by Gasteiger charge is 2.36. The fourth-order valence-corrected chi connectivity index (χ4v) is 3.89. The highest BCUT2D eigenvalue weighted by atomic mass is 79.9. The molecule has 1 saturated heterocycles. The number of aromatic nitrogens is 1. The average molecular weight is 421 g/mol. The molecule has 1 aliphatic rings. The molecule has 5 nitrogen and oxygen atoms in total. The zero-order chi connectivity index (χ0) is 18.9. The Morgan fingerprint density at radius 2 is 2.08 bits per heavy atom. The molecule has 3 rings (SSSR count). The van der Waals surface area contributed by atoms with Crippen molar-refractivity contribution in [2.45, 2.75) is 57.8 Å². The molecule has 26 heavy (non-hydrogen) atoms. The predicted molar refractivity (Wildman–Crippen MR) is 105 cm³/mol. The summed E-state index contributed by atoms with van der Waals surface area (Å²) < 4.78 is 6.23. The van der Waals surface area contributed by atoms with Gasteiger partial charge in [0.1, 0.15) is 16.3 Å². The van der Waals surface area contributed by atoms with Crippen molar-refractivity contribution in [1.82, 2.24) is 9.88 Å². The topological polar surface area (TPSA) is 62.7 Å². The molecule has 6 heteroatoms. The van der Waals surface area contributed by atoms with E-state index in [4.69, 9.17) is 4.74 Å². The monoisotopic (exact) mass is 420 g/mol. The van der Waals surface area contributed by atoms with Crippen LogP contribution in [0.15, 0.2) is 34.9 Å². The van der Waals surface area contributed by atoms with E-state index in [0.29, 0.717) is 11.1 Å². The lowest BCUT2D eigenvalue weighted by Crippen LogP contribution is -2.48. The lowest BCUT2D eigenvalue weighted by atomic mass is 9.91. The number of carbonyl (C=O) groups excluding carboxylic acids is 1. The van der Waals surface area contributed by atoms with Gasteiger partial charge >= 0.3 is 6.09 Å². The van der Waals surface area contributed by atoms with E-state index in [1.165, 1.54) is 0 Å². The molecule has 1 aromatic carbocycles. The van der Waals surface area contributed by atoms with Gasteiger partial charge in [-0.2, -0.15) is 0 Å². The summed E-state index contributed by atoms with van der Waals surface area (Å²) in [6, 6.07) is 9.26. The number of likely N-dealkylation sites (tertiary alicyclic amines) is 1. The van der Waals surface area contributed by atoms with Gasteiger partial charge in [0.25, 0.3) is 0 Å². The molecule has 0 unspecified atom stereocenters. The van der Waals surface area contributed by atoms with E-state index < -0.39 is 11.7 Å². The third-order valence-corrected chi connectivity index (χ3v) is 4.98. The van der Waals surface area contributed by atoms with Crippen molar-refractivity contribution in [2.75, 3.05) is 6.54 Å². The van der Waals surface area contributed by atoms with E-state index in [2.05, 4.69) is 20.9 Å². The molecule has 2 atom stereocenters. The normalized spacial score (nSPS) is 19.4. The van der Waals surface area contributed by atoms with Crippen LogP contribution < -0.4 is 0 Å². The molecule has 1 aromatic heterocycles. The maximum Gasteiger partial charge on any atom is 0.410 e. The Kier molecular flexibility index (Phi) is 5.53. The molecule has 1 aliphatic heterocycles. The van der Waals surface area contributed by atoms with Crippen molar-refractivity contribution in [3.05, 3.63) is 40.5 Å². The summed E-state index contributed by atoms with van der Waals surface area (Å²) in [6.45, 7) is 6.16. The number of para-hydroxylation sites is 1. The number of amides is 1. The Labute approximate surface area is 162 Å². The van der Waals surface area contributed by atoms with Gasteiger partial charge in [-0.05, 0) is 73.7 Å². The van der Waals surface area contributed by atoms with Gasteiger partial charge in [0.2, 0.25) is 0 Å². The SMILES string of the molecule is CC(C)(C)OC(=O)N1CCCC[C@H]1[C@@H](O)c1cc(Br)nc2ccccc12. The smallest absolute Gasteiger partial charge is 0.410 e. The number of aliphatic hydroxyl groups excluding tert-OH is 1. The Morgan fingerprint density at radius 1 is 1.35 bits per heavy atom. The number of benzene rings is 1. The first-order chi connectivity index (χ1) is 12.3.